The van der Waals surface area contributed by atoms with Gasteiger partial charge in [0.15, 0.2) is 0 Å². The zero-order valence-corrected chi connectivity index (χ0v) is 10.3. The standard InChI is InChI=1S/C12H15N3O4/c16-10-3-7(4-10)13-12(17)11-5-9(15(18)19)6-14(11)8-1-2-8/h5-8,10,16H,1-4H2,(H,13,17). The van der Waals surface area contributed by atoms with Gasteiger partial charge in [-0.1, -0.05) is 0 Å². The molecule has 19 heavy (non-hydrogen) atoms. The van der Waals surface area contributed by atoms with E-state index in [-0.39, 0.29) is 29.8 Å². The summed E-state index contributed by atoms with van der Waals surface area (Å²) in [6, 6.07) is 1.51. The third kappa shape index (κ3) is 2.33. The second kappa shape index (κ2) is 4.34. The molecule has 2 fully saturated rings. The Bertz CT molecular complexity index is 529. The maximum atomic E-state index is 12.1. The van der Waals surface area contributed by atoms with Gasteiger partial charge in [0.1, 0.15) is 5.69 Å². The number of carbonyl (C=O) groups is 1. The molecule has 7 nitrogen and oxygen atoms in total. The highest BCUT2D eigenvalue weighted by Gasteiger charge is 2.33. The fraction of sp³-hybridized carbons (Fsp3) is 0.583. The molecule has 3 rings (SSSR count). The van der Waals surface area contributed by atoms with Crippen LogP contribution < -0.4 is 5.32 Å². The molecule has 7 heteroatoms. The number of carbonyl (C=O) groups excluding carboxylic acids is 1. The first-order valence-corrected chi connectivity index (χ1v) is 6.40. The van der Waals surface area contributed by atoms with E-state index in [0.29, 0.717) is 18.5 Å². The Kier molecular flexibility index (Phi) is 2.78. The number of nitro groups is 1. The highest BCUT2D eigenvalue weighted by Crippen LogP contribution is 2.38. The number of amides is 1. The van der Waals surface area contributed by atoms with Crippen LogP contribution >= 0.6 is 0 Å². The second-order valence-corrected chi connectivity index (χ2v) is 5.27. The summed E-state index contributed by atoms with van der Waals surface area (Å²) >= 11 is 0. The van der Waals surface area contributed by atoms with Crippen molar-refractivity contribution in [2.24, 2.45) is 0 Å². The van der Waals surface area contributed by atoms with Crippen molar-refractivity contribution >= 4 is 11.6 Å². The third-order valence-corrected chi connectivity index (χ3v) is 3.67. The molecule has 102 valence electrons. The van der Waals surface area contributed by atoms with Crippen molar-refractivity contribution in [3.63, 3.8) is 0 Å². The van der Waals surface area contributed by atoms with E-state index in [4.69, 9.17) is 0 Å². The monoisotopic (exact) mass is 265 g/mol. The van der Waals surface area contributed by atoms with Crippen molar-refractivity contribution in [3.8, 4) is 0 Å². The van der Waals surface area contributed by atoms with Gasteiger partial charge in [-0.3, -0.25) is 14.9 Å². The van der Waals surface area contributed by atoms with Crippen LogP contribution in [0.2, 0.25) is 0 Å². The Morgan fingerprint density at radius 1 is 1.47 bits per heavy atom. The summed E-state index contributed by atoms with van der Waals surface area (Å²) in [5.74, 6) is -0.295. The van der Waals surface area contributed by atoms with Gasteiger partial charge < -0.3 is 15.0 Å². The summed E-state index contributed by atoms with van der Waals surface area (Å²) in [7, 11) is 0. The van der Waals surface area contributed by atoms with E-state index in [9.17, 15) is 20.0 Å². The molecule has 0 saturated heterocycles. The third-order valence-electron chi connectivity index (χ3n) is 3.67. The van der Waals surface area contributed by atoms with Crippen LogP contribution in [-0.2, 0) is 0 Å². The average molecular weight is 265 g/mol. The molecule has 0 bridgehead atoms. The number of aliphatic hydroxyl groups excluding tert-OH is 1. The number of aliphatic hydroxyl groups is 1. The van der Waals surface area contributed by atoms with Gasteiger partial charge in [-0.25, -0.2) is 0 Å². The molecule has 0 aromatic carbocycles. The smallest absolute Gasteiger partial charge is 0.287 e. The predicted octanol–water partition coefficient (Wildman–Crippen LogP) is 0.984. The molecule has 0 spiro atoms. The number of hydrogen-bond acceptors (Lipinski definition) is 4. The lowest BCUT2D eigenvalue weighted by Gasteiger charge is -2.31. The minimum atomic E-state index is -0.483. The zero-order valence-electron chi connectivity index (χ0n) is 10.3. The Balaban J connectivity index is 1.78. The molecule has 0 aliphatic heterocycles. The van der Waals surface area contributed by atoms with E-state index in [1.165, 1.54) is 12.3 Å². The normalized spacial score (nSPS) is 25.7. The molecular formula is C12H15N3O4. The molecule has 2 aliphatic carbocycles. The lowest BCUT2D eigenvalue weighted by molar-refractivity contribution is -0.384. The second-order valence-electron chi connectivity index (χ2n) is 5.27. The molecule has 1 heterocycles. The maximum Gasteiger partial charge on any atom is 0.287 e. The van der Waals surface area contributed by atoms with Crippen LogP contribution in [0.1, 0.15) is 42.2 Å². The molecule has 1 aromatic heterocycles. The molecule has 1 aromatic rings. The first kappa shape index (κ1) is 12.2. The van der Waals surface area contributed by atoms with Crippen LogP contribution in [0.4, 0.5) is 5.69 Å². The lowest BCUT2D eigenvalue weighted by Crippen LogP contribution is -2.47. The van der Waals surface area contributed by atoms with Crippen LogP contribution in [0.25, 0.3) is 0 Å². The molecule has 2 saturated carbocycles. The van der Waals surface area contributed by atoms with E-state index >= 15 is 0 Å². The van der Waals surface area contributed by atoms with Crippen molar-refractivity contribution in [1.29, 1.82) is 0 Å². The van der Waals surface area contributed by atoms with Gasteiger partial charge in [-0.15, -0.1) is 0 Å². The summed E-state index contributed by atoms with van der Waals surface area (Å²) < 4.78 is 1.70. The van der Waals surface area contributed by atoms with Crippen LogP contribution in [0, 0.1) is 10.1 Å². The topological polar surface area (TPSA) is 97.4 Å². The highest BCUT2D eigenvalue weighted by atomic mass is 16.6. The first-order valence-electron chi connectivity index (χ1n) is 6.40. The molecule has 0 atom stereocenters. The number of nitrogens with one attached hydrogen (secondary N) is 1. The van der Waals surface area contributed by atoms with Gasteiger partial charge in [-0.2, -0.15) is 0 Å². The molecule has 2 N–H and O–H groups in total. The minimum absolute atomic E-state index is 0.0240. The summed E-state index contributed by atoms with van der Waals surface area (Å²) in [4.78, 5) is 22.4. The van der Waals surface area contributed by atoms with Crippen LogP contribution in [0.5, 0.6) is 0 Å². The summed E-state index contributed by atoms with van der Waals surface area (Å²) in [6.45, 7) is 0. The Hall–Kier alpha value is -1.89. The SMILES string of the molecule is O=C(NC1CC(O)C1)c1cc([N+](=O)[O-])cn1C1CC1. The van der Waals surface area contributed by atoms with E-state index in [1.54, 1.807) is 4.57 Å². The van der Waals surface area contributed by atoms with Crippen LogP contribution in [0.3, 0.4) is 0 Å². The number of rotatable bonds is 4. The predicted molar refractivity (Wildman–Crippen MR) is 65.9 cm³/mol. The van der Waals surface area contributed by atoms with Crippen LogP contribution in [-0.4, -0.2) is 32.6 Å². The van der Waals surface area contributed by atoms with Crippen LogP contribution in [0.15, 0.2) is 12.3 Å². The number of nitrogens with zero attached hydrogens (tertiary/aromatic N) is 2. The zero-order chi connectivity index (χ0) is 13.6. The van der Waals surface area contributed by atoms with E-state index in [2.05, 4.69) is 5.32 Å². The molecule has 0 unspecified atom stereocenters. The summed E-state index contributed by atoms with van der Waals surface area (Å²) in [6.07, 6.45) is 4.11. The van der Waals surface area contributed by atoms with E-state index < -0.39 is 4.92 Å². The Morgan fingerprint density at radius 2 is 2.16 bits per heavy atom. The van der Waals surface area contributed by atoms with E-state index in [1.807, 2.05) is 0 Å². The van der Waals surface area contributed by atoms with Crippen molar-refractivity contribution in [2.75, 3.05) is 0 Å². The average Bonchev–Trinajstić information content (AvgIpc) is 3.05. The lowest BCUT2D eigenvalue weighted by atomic mass is 9.89. The van der Waals surface area contributed by atoms with Gasteiger partial charge >= 0.3 is 0 Å². The van der Waals surface area contributed by atoms with Gasteiger partial charge in [-0.05, 0) is 25.7 Å². The number of aromatic nitrogens is 1. The largest absolute Gasteiger partial charge is 0.393 e. The van der Waals surface area contributed by atoms with Gasteiger partial charge in [0.05, 0.1) is 17.2 Å². The number of hydrogen-bond donors (Lipinski definition) is 2. The fourth-order valence-electron chi connectivity index (χ4n) is 2.37. The van der Waals surface area contributed by atoms with Crippen molar-refractivity contribution in [2.45, 2.75) is 43.9 Å². The summed E-state index contributed by atoms with van der Waals surface area (Å²) in [5.41, 5.74) is 0.293. The van der Waals surface area contributed by atoms with Gasteiger partial charge in [0.2, 0.25) is 0 Å². The first-order chi connectivity index (χ1) is 9.04. The maximum absolute atomic E-state index is 12.1. The summed E-state index contributed by atoms with van der Waals surface area (Å²) in [5, 5.41) is 22.8. The molecular weight excluding hydrogens is 250 g/mol. The quantitative estimate of drug-likeness (QED) is 0.626. The van der Waals surface area contributed by atoms with Crippen molar-refractivity contribution in [1.82, 2.24) is 9.88 Å². The molecule has 2 aliphatic rings. The van der Waals surface area contributed by atoms with Crippen molar-refractivity contribution in [3.05, 3.63) is 28.1 Å². The molecule has 0 radical (unpaired) electrons. The Morgan fingerprint density at radius 3 is 2.68 bits per heavy atom. The molecule has 1 amide bonds. The van der Waals surface area contributed by atoms with Gasteiger partial charge in [0, 0.05) is 18.2 Å². The highest BCUT2D eigenvalue weighted by molar-refractivity contribution is 5.94. The van der Waals surface area contributed by atoms with Gasteiger partial charge in [0.25, 0.3) is 11.6 Å². The van der Waals surface area contributed by atoms with Crippen molar-refractivity contribution < 1.29 is 14.8 Å². The minimum Gasteiger partial charge on any atom is -0.393 e. The van der Waals surface area contributed by atoms with E-state index in [0.717, 1.165) is 12.8 Å². The Labute approximate surface area is 109 Å². The fourth-order valence-corrected chi connectivity index (χ4v) is 2.37.